The van der Waals surface area contributed by atoms with Crippen molar-refractivity contribution in [3.8, 4) is 11.1 Å². The van der Waals surface area contributed by atoms with Crippen molar-refractivity contribution >= 4 is 16.9 Å². The van der Waals surface area contributed by atoms with E-state index in [1.165, 1.54) is 11.1 Å². The molecule has 0 fully saturated rings. The van der Waals surface area contributed by atoms with Crippen LogP contribution in [-0.4, -0.2) is 5.29 Å². The minimum absolute atomic E-state index is 0.0652. The van der Waals surface area contributed by atoms with Crippen LogP contribution < -0.4 is 5.73 Å². The van der Waals surface area contributed by atoms with Gasteiger partial charge in [-0.3, -0.25) is 0 Å². The summed E-state index contributed by atoms with van der Waals surface area (Å²) < 4.78 is 0. The number of nitrogens with zero attached hydrogens (tertiary/aromatic N) is 1. The Bertz CT molecular complexity index is 880. The Hall–Kier alpha value is -2.84. The molecule has 0 spiro atoms. The van der Waals surface area contributed by atoms with E-state index < -0.39 is 0 Å². The molecule has 0 aliphatic rings. The topological polar surface area (TPSA) is 38.4 Å². The van der Waals surface area contributed by atoms with E-state index in [1.54, 1.807) is 6.08 Å². The highest BCUT2D eigenvalue weighted by Gasteiger charge is 2.15. The second kappa shape index (κ2) is 16.9. The first-order valence-electron chi connectivity index (χ1n) is 10.8. The highest BCUT2D eigenvalue weighted by molar-refractivity contribution is 6.64. The van der Waals surface area contributed by atoms with Gasteiger partial charge in [0, 0.05) is 0 Å². The number of aliphatic imine (C=N–C) groups is 1. The summed E-state index contributed by atoms with van der Waals surface area (Å²) in [5.74, 6) is 0. The maximum Gasteiger partial charge on any atom is 0.189 e. The molecule has 0 aliphatic heterocycles. The van der Waals surface area contributed by atoms with Gasteiger partial charge in [0.25, 0.3) is 0 Å². The predicted molar refractivity (Wildman–Crippen MR) is 141 cm³/mol. The Kier molecular flexibility index (Phi) is 15.4. The van der Waals surface area contributed by atoms with Gasteiger partial charge in [-0.25, -0.2) is 4.99 Å². The normalized spacial score (nSPS) is 10.7. The van der Waals surface area contributed by atoms with Crippen LogP contribution in [-0.2, 0) is 0 Å². The van der Waals surface area contributed by atoms with Gasteiger partial charge in [-0.1, -0.05) is 113 Å². The average molecular weight is 437 g/mol. The molecule has 3 heteroatoms. The molecule has 2 N–H and O–H groups in total. The molecule has 2 nitrogen and oxygen atoms in total. The first-order valence-corrected chi connectivity index (χ1v) is 11.2. The van der Waals surface area contributed by atoms with Crippen molar-refractivity contribution in [2.24, 2.45) is 10.7 Å². The van der Waals surface area contributed by atoms with Crippen molar-refractivity contribution in [1.82, 2.24) is 0 Å². The zero-order valence-electron chi connectivity index (χ0n) is 19.8. The summed E-state index contributed by atoms with van der Waals surface area (Å²) in [5.41, 5.74) is 11.3. The quantitative estimate of drug-likeness (QED) is 0.189. The van der Waals surface area contributed by atoms with E-state index in [9.17, 15) is 0 Å². The monoisotopic (exact) mass is 436 g/mol. The number of benzene rings is 3. The summed E-state index contributed by atoms with van der Waals surface area (Å²) in [5, 5.41) is 0.0652. The fourth-order valence-electron chi connectivity index (χ4n) is 2.83. The van der Waals surface area contributed by atoms with Crippen LogP contribution in [0.4, 0.5) is 0 Å². The fraction of sp³-hybridized carbons (Fsp3) is 0.250. The lowest BCUT2D eigenvalue weighted by Gasteiger charge is -2.16. The van der Waals surface area contributed by atoms with Crippen LogP contribution in [0.25, 0.3) is 11.1 Å². The first-order chi connectivity index (χ1) is 15.1. The highest BCUT2D eigenvalue weighted by Crippen LogP contribution is 2.30. The van der Waals surface area contributed by atoms with Gasteiger partial charge in [-0.2, -0.15) is 0 Å². The standard InChI is InChI=1S/C21H19ClN2.C3H6.2C2H6/c1-15-7-5-6-10-19(15)20(24-21(22)23)18-13-11-17(12-14-18)16-8-3-2-4-9-16;1-3-2;2*1-2/h2-14,20H,1H3,(H2,23,24);3H,1H2,2H3;2*1-2H3. The Balaban J connectivity index is 0.00000116. The van der Waals surface area contributed by atoms with Crippen LogP contribution in [0.5, 0.6) is 0 Å². The third-order valence-corrected chi connectivity index (χ3v) is 4.17. The van der Waals surface area contributed by atoms with Crippen LogP contribution in [0.2, 0.25) is 0 Å². The summed E-state index contributed by atoms with van der Waals surface area (Å²) in [6.07, 6.45) is 1.75. The molecule has 31 heavy (non-hydrogen) atoms. The van der Waals surface area contributed by atoms with Crippen LogP contribution >= 0.6 is 11.6 Å². The lowest BCUT2D eigenvalue weighted by atomic mass is 9.94. The van der Waals surface area contributed by atoms with Crippen molar-refractivity contribution < 1.29 is 0 Å². The number of aryl methyl sites for hydroxylation is 1. The molecule has 3 aromatic rings. The van der Waals surface area contributed by atoms with Gasteiger partial charge in [0.2, 0.25) is 0 Å². The van der Waals surface area contributed by atoms with Crippen molar-refractivity contribution in [2.45, 2.75) is 47.6 Å². The van der Waals surface area contributed by atoms with E-state index in [1.807, 2.05) is 65.0 Å². The number of halogens is 1. The van der Waals surface area contributed by atoms with Gasteiger partial charge < -0.3 is 5.73 Å². The highest BCUT2D eigenvalue weighted by atomic mass is 35.5. The molecule has 0 bridgehead atoms. The number of nitrogens with two attached hydrogens (primary N) is 1. The zero-order chi connectivity index (χ0) is 23.6. The van der Waals surface area contributed by atoms with E-state index in [-0.39, 0.29) is 11.3 Å². The number of hydrogen-bond acceptors (Lipinski definition) is 1. The van der Waals surface area contributed by atoms with Gasteiger partial charge in [0.1, 0.15) is 6.04 Å². The van der Waals surface area contributed by atoms with Crippen molar-refractivity contribution in [1.29, 1.82) is 0 Å². The van der Waals surface area contributed by atoms with Crippen LogP contribution in [0.15, 0.2) is 96.5 Å². The number of amidine groups is 1. The van der Waals surface area contributed by atoms with E-state index in [0.717, 1.165) is 16.7 Å². The average Bonchev–Trinajstić information content (AvgIpc) is 2.82. The van der Waals surface area contributed by atoms with Crippen molar-refractivity contribution in [3.63, 3.8) is 0 Å². The number of rotatable bonds is 4. The van der Waals surface area contributed by atoms with Gasteiger partial charge in [-0.05, 0) is 53.3 Å². The van der Waals surface area contributed by atoms with Gasteiger partial charge in [-0.15, -0.1) is 6.58 Å². The van der Waals surface area contributed by atoms with E-state index in [2.05, 4.69) is 67.0 Å². The zero-order valence-corrected chi connectivity index (χ0v) is 20.5. The van der Waals surface area contributed by atoms with E-state index >= 15 is 0 Å². The number of allylic oxidation sites excluding steroid dienone is 1. The Labute approximate surface area is 194 Å². The summed E-state index contributed by atoms with van der Waals surface area (Å²) in [6.45, 7) is 15.3. The molecule has 0 amide bonds. The predicted octanol–water partition coefficient (Wildman–Crippen LogP) is 8.55. The Morgan fingerprint density at radius 1 is 0.839 bits per heavy atom. The summed E-state index contributed by atoms with van der Waals surface area (Å²) in [6, 6.07) is 26.6. The van der Waals surface area contributed by atoms with Crippen LogP contribution in [0.3, 0.4) is 0 Å². The third kappa shape index (κ3) is 9.67. The molecule has 166 valence electrons. The maximum absolute atomic E-state index is 5.88. The number of hydrogen-bond donors (Lipinski definition) is 1. The van der Waals surface area contributed by atoms with Crippen LogP contribution in [0, 0.1) is 6.92 Å². The molecular formula is C28H37ClN2. The molecule has 0 aliphatic carbocycles. The summed E-state index contributed by atoms with van der Waals surface area (Å²) in [7, 11) is 0. The molecule has 1 atom stereocenters. The molecule has 0 heterocycles. The van der Waals surface area contributed by atoms with E-state index in [0.29, 0.717) is 0 Å². The SMILES string of the molecule is C=CC.CC.CC.Cc1ccccc1C(N=C(N)Cl)c1ccc(-c2ccccc2)cc1. The summed E-state index contributed by atoms with van der Waals surface area (Å²) in [4.78, 5) is 4.44. The molecule has 0 saturated heterocycles. The first kappa shape index (κ1) is 28.2. The second-order valence-corrected chi connectivity index (χ2v) is 6.49. The maximum atomic E-state index is 5.88. The van der Waals surface area contributed by atoms with Gasteiger partial charge in [0.15, 0.2) is 5.29 Å². The largest absolute Gasteiger partial charge is 0.374 e. The minimum atomic E-state index is -0.200. The Morgan fingerprint density at radius 2 is 1.29 bits per heavy atom. The van der Waals surface area contributed by atoms with Crippen molar-refractivity contribution in [2.75, 3.05) is 0 Å². The summed E-state index contributed by atoms with van der Waals surface area (Å²) >= 11 is 5.88. The third-order valence-electron chi connectivity index (χ3n) is 4.07. The van der Waals surface area contributed by atoms with E-state index in [4.69, 9.17) is 17.3 Å². The van der Waals surface area contributed by atoms with Gasteiger partial charge in [0.05, 0.1) is 0 Å². The molecule has 0 radical (unpaired) electrons. The lowest BCUT2D eigenvalue weighted by molar-refractivity contribution is 0.864. The second-order valence-electron chi connectivity index (χ2n) is 6.11. The molecule has 3 rings (SSSR count). The molecule has 1 unspecified atom stereocenters. The van der Waals surface area contributed by atoms with Crippen LogP contribution in [0.1, 0.15) is 57.4 Å². The molecule has 3 aromatic carbocycles. The molecule has 0 saturated carbocycles. The Morgan fingerprint density at radius 3 is 1.77 bits per heavy atom. The van der Waals surface area contributed by atoms with Crippen molar-refractivity contribution in [3.05, 3.63) is 108 Å². The lowest BCUT2D eigenvalue weighted by Crippen LogP contribution is -2.08. The minimum Gasteiger partial charge on any atom is -0.374 e. The molecular weight excluding hydrogens is 400 g/mol. The molecule has 0 aromatic heterocycles. The van der Waals surface area contributed by atoms with Gasteiger partial charge >= 0.3 is 0 Å². The fourth-order valence-corrected chi connectivity index (χ4v) is 2.93. The smallest absolute Gasteiger partial charge is 0.189 e.